The Bertz CT molecular complexity index is 806. The minimum absolute atomic E-state index is 0.163. The summed E-state index contributed by atoms with van der Waals surface area (Å²) < 4.78 is 39.7. The molecule has 2 aromatic carbocycles. The van der Waals surface area contributed by atoms with Crippen LogP contribution in [-0.4, -0.2) is 13.3 Å². The molecule has 1 N–H and O–H groups in total. The van der Waals surface area contributed by atoms with Crippen molar-refractivity contribution in [1.82, 2.24) is 4.72 Å². The lowest BCUT2D eigenvalue weighted by molar-refractivity contribution is -0.384. The van der Waals surface area contributed by atoms with Gasteiger partial charge < -0.3 is 0 Å². The van der Waals surface area contributed by atoms with Crippen molar-refractivity contribution >= 4 is 15.7 Å². The van der Waals surface area contributed by atoms with Gasteiger partial charge in [-0.05, 0) is 30.2 Å². The van der Waals surface area contributed by atoms with E-state index in [0.29, 0.717) is 11.1 Å². The number of nitro benzene ring substituents is 1. The molecule has 0 saturated heterocycles. The molecule has 0 aliphatic heterocycles. The molecule has 0 fully saturated rings. The van der Waals surface area contributed by atoms with Crippen LogP contribution in [0, 0.1) is 15.9 Å². The van der Waals surface area contributed by atoms with Crippen LogP contribution < -0.4 is 4.72 Å². The summed E-state index contributed by atoms with van der Waals surface area (Å²) in [5.74, 6) is -0.777. The lowest BCUT2D eigenvalue weighted by atomic mass is 10.1. The number of sulfonamides is 1. The van der Waals surface area contributed by atoms with Gasteiger partial charge >= 0.3 is 0 Å². The zero-order chi connectivity index (χ0) is 17.0. The zero-order valence-corrected chi connectivity index (χ0v) is 13.1. The molecular weight excluding hydrogens is 323 g/mol. The van der Waals surface area contributed by atoms with Crippen LogP contribution in [0.2, 0.25) is 0 Å². The molecule has 0 amide bonds. The number of nitrogens with one attached hydrogen (secondary N) is 1. The van der Waals surface area contributed by atoms with E-state index in [-0.39, 0.29) is 11.4 Å². The van der Waals surface area contributed by atoms with Gasteiger partial charge in [-0.15, -0.1) is 0 Å². The van der Waals surface area contributed by atoms with Crippen molar-refractivity contribution in [2.75, 3.05) is 0 Å². The molecule has 0 aromatic heterocycles. The zero-order valence-electron chi connectivity index (χ0n) is 12.3. The highest BCUT2D eigenvalue weighted by Gasteiger charge is 2.18. The Morgan fingerprint density at radius 1 is 1.22 bits per heavy atom. The average molecular weight is 338 g/mol. The van der Waals surface area contributed by atoms with Gasteiger partial charge in [0, 0.05) is 18.2 Å². The van der Waals surface area contributed by atoms with Gasteiger partial charge in [0.05, 0.1) is 10.7 Å². The van der Waals surface area contributed by atoms with E-state index in [4.69, 9.17) is 0 Å². The summed E-state index contributed by atoms with van der Waals surface area (Å²) in [6.07, 6.45) is 0. The van der Waals surface area contributed by atoms with Crippen molar-refractivity contribution in [3.05, 3.63) is 75.6 Å². The summed E-state index contributed by atoms with van der Waals surface area (Å²) in [5.41, 5.74) is 0.774. The number of halogens is 1. The maximum absolute atomic E-state index is 12.9. The van der Waals surface area contributed by atoms with Crippen LogP contribution in [0.25, 0.3) is 0 Å². The fourth-order valence-corrected chi connectivity index (χ4v) is 3.49. The molecule has 122 valence electrons. The molecule has 0 unspecified atom stereocenters. The Hall–Kier alpha value is -2.32. The Kier molecular flexibility index (Phi) is 5.07. The van der Waals surface area contributed by atoms with E-state index in [0.717, 1.165) is 0 Å². The molecule has 0 spiro atoms. The fourth-order valence-electron chi connectivity index (χ4n) is 2.11. The van der Waals surface area contributed by atoms with Gasteiger partial charge in [-0.3, -0.25) is 10.1 Å². The van der Waals surface area contributed by atoms with Crippen LogP contribution in [0.3, 0.4) is 0 Å². The molecule has 0 heterocycles. The van der Waals surface area contributed by atoms with Gasteiger partial charge in [-0.1, -0.05) is 24.3 Å². The smallest absolute Gasteiger partial charge is 0.258 e. The third kappa shape index (κ3) is 4.83. The quantitative estimate of drug-likeness (QED) is 0.648. The molecule has 2 rings (SSSR count). The average Bonchev–Trinajstić information content (AvgIpc) is 2.47. The highest BCUT2D eigenvalue weighted by molar-refractivity contribution is 7.88. The third-order valence-corrected chi connectivity index (χ3v) is 4.63. The molecule has 0 radical (unpaired) electrons. The predicted molar refractivity (Wildman–Crippen MR) is 83.7 cm³/mol. The lowest BCUT2D eigenvalue weighted by Gasteiger charge is -2.14. The second-order valence-electron chi connectivity index (χ2n) is 5.08. The van der Waals surface area contributed by atoms with E-state index in [1.165, 1.54) is 48.5 Å². The van der Waals surface area contributed by atoms with E-state index in [1.54, 1.807) is 6.92 Å². The Labute approximate surface area is 133 Å². The van der Waals surface area contributed by atoms with Crippen molar-refractivity contribution in [2.45, 2.75) is 18.7 Å². The molecule has 1 atom stereocenters. The van der Waals surface area contributed by atoms with Gasteiger partial charge in [0.15, 0.2) is 0 Å². The minimum Gasteiger partial charge on any atom is -0.258 e. The van der Waals surface area contributed by atoms with Crippen LogP contribution in [0.15, 0.2) is 48.5 Å². The number of hydrogen-bond acceptors (Lipinski definition) is 4. The number of benzene rings is 2. The van der Waals surface area contributed by atoms with Gasteiger partial charge in [0.2, 0.25) is 10.0 Å². The molecule has 0 aliphatic rings. The maximum atomic E-state index is 12.9. The van der Waals surface area contributed by atoms with E-state index in [9.17, 15) is 22.9 Å². The first-order valence-corrected chi connectivity index (χ1v) is 8.41. The van der Waals surface area contributed by atoms with Crippen LogP contribution in [-0.2, 0) is 15.8 Å². The summed E-state index contributed by atoms with van der Waals surface area (Å²) in [5, 5.41) is 10.7. The van der Waals surface area contributed by atoms with Crippen molar-refractivity contribution in [3.63, 3.8) is 0 Å². The normalized spacial score (nSPS) is 12.8. The SMILES string of the molecule is C[C@@H](NS(=O)(=O)Cc1cccc([N+](=O)[O-])c1)c1ccc(F)cc1. The molecule has 0 saturated carbocycles. The van der Waals surface area contributed by atoms with Crippen molar-refractivity contribution < 1.29 is 17.7 Å². The van der Waals surface area contributed by atoms with E-state index < -0.39 is 26.8 Å². The van der Waals surface area contributed by atoms with Gasteiger partial charge in [0.1, 0.15) is 5.82 Å². The minimum atomic E-state index is -3.70. The summed E-state index contributed by atoms with van der Waals surface area (Å²) in [7, 11) is -3.70. The first kappa shape index (κ1) is 17.0. The second-order valence-corrected chi connectivity index (χ2v) is 6.83. The van der Waals surface area contributed by atoms with Gasteiger partial charge in [-0.2, -0.15) is 0 Å². The largest absolute Gasteiger partial charge is 0.269 e. The summed E-state index contributed by atoms with van der Waals surface area (Å²) >= 11 is 0. The van der Waals surface area contributed by atoms with E-state index >= 15 is 0 Å². The van der Waals surface area contributed by atoms with Crippen molar-refractivity contribution in [3.8, 4) is 0 Å². The predicted octanol–water partition coefficient (Wildman–Crippen LogP) is 2.91. The Balaban J connectivity index is 2.11. The number of non-ortho nitro benzene ring substituents is 1. The molecule has 6 nitrogen and oxygen atoms in total. The number of rotatable bonds is 6. The maximum Gasteiger partial charge on any atom is 0.269 e. The molecule has 0 bridgehead atoms. The lowest BCUT2D eigenvalue weighted by Crippen LogP contribution is -2.28. The fraction of sp³-hybridized carbons (Fsp3) is 0.200. The topological polar surface area (TPSA) is 89.3 Å². The molecule has 8 heteroatoms. The highest BCUT2D eigenvalue weighted by atomic mass is 32.2. The van der Waals surface area contributed by atoms with Crippen molar-refractivity contribution in [2.24, 2.45) is 0 Å². The van der Waals surface area contributed by atoms with Crippen LogP contribution >= 0.6 is 0 Å². The highest BCUT2D eigenvalue weighted by Crippen LogP contribution is 2.18. The van der Waals surface area contributed by atoms with Gasteiger partial charge in [-0.25, -0.2) is 17.5 Å². The Morgan fingerprint density at radius 2 is 1.87 bits per heavy atom. The number of hydrogen-bond donors (Lipinski definition) is 1. The Morgan fingerprint density at radius 3 is 2.48 bits per heavy atom. The van der Waals surface area contributed by atoms with E-state index in [2.05, 4.69) is 4.72 Å². The molecule has 2 aromatic rings. The van der Waals surface area contributed by atoms with Crippen LogP contribution in [0.1, 0.15) is 24.1 Å². The van der Waals surface area contributed by atoms with Crippen molar-refractivity contribution in [1.29, 1.82) is 0 Å². The number of nitrogens with zero attached hydrogens (tertiary/aromatic N) is 1. The second kappa shape index (κ2) is 6.84. The van der Waals surface area contributed by atoms with Gasteiger partial charge in [0.25, 0.3) is 5.69 Å². The molecular formula is C15H15FN2O4S. The monoisotopic (exact) mass is 338 g/mol. The number of nitro groups is 1. The van der Waals surface area contributed by atoms with Crippen LogP contribution in [0.4, 0.5) is 10.1 Å². The standard InChI is InChI=1S/C15H15FN2O4S/c1-11(13-5-7-14(16)8-6-13)17-23(21,22)10-12-3-2-4-15(9-12)18(19)20/h2-9,11,17H,10H2,1H3/t11-/m1/s1. The molecule has 0 aliphatic carbocycles. The summed E-state index contributed by atoms with van der Waals surface area (Å²) in [6.45, 7) is 1.64. The first-order chi connectivity index (χ1) is 10.8. The van der Waals surface area contributed by atoms with Crippen LogP contribution in [0.5, 0.6) is 0 Å². The third-order valence-electron chi connectivity index (χ3n) is 3.20. The molecule has 23 heavy (non-hydrogen) atoms. The first-order valence-electron chi connectivity index (χ1n) is 6.75. The summed E-state index contributed by atoms with van der Waals surface area (Å²) in [6, 6.07) is 10.4. The summed E-state index contributed by atoms with van der Waals surface area (Å²) in [4.78, 5) is 10.1. The van der Waals surface area contributed by atoms with E-state index in [1.807, 2.05) is 0 Å².